The van der Waals surface area contributed by atoms with Crippen molar-refractivity contribution in [3.8, 4) is 0 Å². The van der Waals surface area contributed by atoms with Crippen molar-refractivity contribution in [2.75, 3.05) is 13.1 Å². The van der Waals surface area contributed by atoms with Crippen LogP contribution < -0.4 is 0 Å². The van der Waals surface area contributed by atoms with Crippen molar-refractivity contribution in [2.45, 2.75) is 58.9 Å². The van der Waals surface area contributed by atoms with E-state index in [0.29, 0.717) is 31.2 Å². The van der Waals surface area contributed by atoms with Crippen LogP contribution in [-0.2, 0) is 16.8 Å². The van der Waals surface area contributed by atoms with Gasteiger partial charge in [-0.25, -0.2) is 0 Å². The van der Waals surface area contributed by atoms with Gasteiger partial charge in [-0.1, -0.05) is 39.3 Å². The molecule has 0 aliphatic carbocycles. The minimum atomic E-state index is -0.687. The second-order valence-electron chi connectivity index (χ2n) is 7.06. The molecule has 1 fully saturated rings. The predicted molar refractivity (Wildman–Crippen MR) is 77.9 cm³/mol. The quantitative estimate of drug-likeness (QED) is 0.898. The Bertz CT molecular complexity index is 507. The monoisotopic (exact) mass is 295 g/mol. The number of carbonyl (C=O) groups is 1. The van der Waals surface area contributed by atoms with E-state index in [4.69, 9.17) is 4.52 Å². The summed E-state index contributed by atoms with van der Waals surface area (Å²) in [6, 6.07) is 0. The normalized spacial score (nSPS) is 23.6. The Morgan fingerprint density at radius 1 is 1.48 bits per heavy atom. The Morgan fingerprint density at radius 3 is 2.71 bits per heavy atom. The van der Waals surface area contributed by atoms with Crippen molar-refractivity contribution >= 4 is 5.97 Å². The molecule has 0 spiro atoms. The highest BCUT2D eigenvalue weighted by atomic mass is 16.5. The second-order valence-corrected chi connectivity index (χ2v) is 7.06. The van der Waals surface area contributed by atoms with Crippen LogP contribution in [0.2, 0.25) is 0 Å². The van der Waals surface area contributed by atoms with Crippen LogP contribution in [0.15, 0.2) is 4.52 Å². The second kappa shape index (κ2) is 5.75. The van der Waals surface area contributed by atoms with E-state index in [1.807, 2.05) is 27.7 Å². The molecule has 1 aliphatic heterocycles. The van der Waals surface area contributed by atoms with Crippen LogP contribution in [0.1, 0.15) is 58.7 Å². The smallest absolute Gasteiger partial charge is 0.310 e. The van der Waals surface area contributed by atoms with Gasteiger partial charge >= 0.3 is 5.97 Å². The summed E-state index contributed by atoms with van der Waals surface area (Å²) in [5.74, 6) is 0.570. The zero-order valence-electron chi connectivity index (χ0n) is 13.3. The van der Waals surface area contributed by atoms with E-state index in [1.54, 1.807) is 0 Å². The Balaban J connectivity index is 2.02. The Labute approximate surface area is 125 Å². The highest BCUT2D eigenvalue weighted by Crippen LogP contribution is 2.36. The first-order valence-electron chi connectivity index (χ1n) is 7.56. The van der Waals surface area contributed by atoms with Gasteiger partial charge in [-0.15, -0.1) is 0 Å². The predicted octanol–water partition coefficient (Wildman–Crippen LogP) is 2.44. The van der Waals surface area contributed by atoms with Crippen LogP contribution in [0, 0.1) is 5.41 Å². The highest BCUT2D eigenvalue weighted by Gasteiger charge is 2.44. The molecular formula is C15H25N3O3. The molecule has 2 rings (SSSR count). The molecule has 6 heteroatoms. The Hall–Kier alpha value is -1.43. The summed E-state index contributed by atoms with van der Waals surface area (Å²) in [7, 11) is 0. The maximum absolute atomic E-state index is 11.6. The molecule has 1 aliphatic rings. The number of likely N-dealkylation sites (tertiary alicyclic amines) is 1. The van der Waals surface area contributed by atoms with Gasteiger partial charge in [-0.2, -0.15) is 4.98 Å². The van der Waals surface area contributed by atoms with E-state index in [2.05, 4.69) is 15.0 Å². The molecule has 1 aromatic rings. The minimum absolute atomic E-state index is 0.139. The number of hydrogen-bond donors (Lipinski definition) is 1. The minimum Gasteiger partial charge on any atom is -0.481 e. The van der Waals surface area contributed by atoms with Gasteiger partial charge in [-0.3, -0.25) is 9.69 Å². The third kappa shape index (κ3) is 3.43. The average Bonchev–Trinajstić information content (AvgIpc) is 2.98. The molecule has 21 heavy (non-hydrogen) atoms. The zero-order valence-corrected chi connectivity index (χ0v) is 13.3. The van der Waals surface area contributed by atoms with Gasteiger partial charge in [0, 0.05) is 12.0 Å². The third-order valence-corrected chi connectivity index (χ3v) is 4.11. The molecule has 1 aromatic heterocycles. The summed E-state index contributed by atoms with van der Waals surface area (Å²) in [5.41, 5.74) is -0.749. The molecule has 118 valence electrons. The van der Waals surface area contributed by atoms with E-state index in [9.17, 15) is 9.90 Å². The van der Waals surface area contributed by atoms with Gasteiger partial charge < -0.3 is 9.63 Å². The lowest BCUT2D eigenvalue weighted by atomic mass is 9.83. The number of hydrogen-bond acceptors (Lipinski definition) is 5. The average molecular weight is 295 g/mol. The Morgan fingerprint density at radius 2 is 2.19 bits per heavy atom. The highest BCUT2D eigenvalue weighted by molar-refractivity contribution is 5.75. The van der Waals surface area contributed by atoms with E-state index in [0.717, 1.165) is 19.4 Å². The van der Waals surface area contributed by atoms with Crippen LogP contribution in [0.4, 0.5) is 0 Å². The standard InChI is InChI=1S/C15H25N3O3/c1-5-6-15(13(19)20)7-8-18(10-15)9-11-16-12(17-21-11)14(2,3)4/h5-10H2,1-4H3,(H,19,20). The summed E-state index contributed by atoms with van der Waals surface area (Å²) in [6.07, 6.45) is 2.29. The lowest BCUT2D eigenvalue weighted by Gasteiger charge is -2.23. The lowest BCUT2D eigenvalue weighted by molar-refractivity contribution is -0.148. The molecule has 0 aromatic carbocycles. The van der Waals surface area contributed by atoms with Gasteiger partial charge in [0.15, 0.2) is 5.82 Å². The van der Waals surface area contributed by atoms with Gasteiger partial charge in [0.05, 0.1) is 12.0 Å². The molecule has 1 unspecified atom stereocenters. The van der Waals surface area contributed by atoms with Crippen LogP contribution in [0.5, 0.6) is 0 Å². The molecule has 2 heterocycles. The molecule has 1 saturated heterocycles. The molecular weight excluding hydrogens is 270 g/mol. The summed E-state index contributed by atoms with van der Waals surface area (Å²) in [4.78, 5) is 18.1. The number of carboxylic acid groups (broad SMARTS) is 1. The lowest BCUT2D eigenvalue weighted by Crippen LogP contribution is -2.34. The van der Waals surface area contributed by atoms with Crippen LogP contribution >= 0.6 is 0 Å². The van der Waals surface area contributed by atoms with Crippen LogP contribution in [-0.4, -0.2) is 39.2 Å². The molecule has 6 nitrogen and oxygen atoms in total. The first-order valence-corrected chi connectivity index (χ1v) is 7.56. The van der Waals surface area contributed by atoms with E-state index in [1.165, 1.54) is 0 Å². The van der Waals surface area contributed by atoms with Crippen LogP contribution in [0.25, 0.3) is 0 Å². The maximum Gasteiger partial charge on any atom is 0.310 e. The number of rotatable bonds is 5. The first-order chi connectivity index (χ1) is 9.77. The Kier molecular flexibility index (Phi) is 4.37. The largest absolute Gasteiger partial charge is 0.481 e. The van der Waals surface area contributed by atoms with Crippen molar-refractivity contribution in [1.82, 2.24) is 15.0 Å². The number of nitrogens with zero attached hydrogens (tertiary/aromatic N) is 3. The SMILES string of the molecule is CCCC1(C(=O)O)CCN(Cc2nc(C(C)(C)C)no2)C1. The molecule has 0 saturated carbocycles. The maximum atomic E-state index is 11.6. The number of aliphatic carboxylic acids is 1. The van der Waals surface area contributed by atoms with E-state index in [-0.39, 0.29) is 5.41 Å². The molecule has 0 amide bonds. The molecule has 0 radical (unpaired) electrons. The van der Waals surface area contributed by atoms with Crippen molar-refractivity contribution in [3.63, 3.8) is 0 Å². The van der Waals surface area contributed by atoms with Gasteiger partial charge in [0.1, 0.15) is 0 Å². The fourth-order valence-corrected chi connectivity index (χ4v) is 2.87. The molecule has 1 N–H and O–H groups in total. The fourth-order valence-electron chi connectivity index (χ4n) is 2.87. The fraction of sp³-hybridized carbons (Fsp3) is 0.800. The summed E-state index contributed by atoms with van der Waals surface area (Å²) in [6.45, 7) is 9.99. The topological polar surface area (TPSA) is 79.5 Å². The zero-order chi connectivity index (χ0) is 15.7. The van der Waals surface area contributed by atoms with Crippen molar-refractivity contribution in [3.05, 3.63) is 11.7 Å². The molecule has 0 bridgehead atoms. The van der Waals surface area contributed by atoms with Gasteiger partial charge in [0.2, 0.25) is 5.89 Å². The van der Waals surface area contributed by atoms with Gasteiger partial charge in [-0.05, 0) is 19.4 Å². The first kappa shape index (κ1) is 15.9. The van der Waals surface area contributed by atoms with Crippen molar-refractivity contribution in [2.24, 2.45) is 5.41 Å². The molecule has 1 atom stereocenters. The van der Waals surface area contributed by atoms with E-state index >= 15 is 0 Å². The number of carboxylic acids is 1. The summed E-state index contributed by atoms with van der Waals surface area (Å²) in [5, 5.41) is 13.5. The van der Waals surface area contributed by atoms with Crippen molar-refractivity contribution in [1.29, 1.82) is 0 Å². The third-order valence-electron chi connectivity index (χ3n) is 4.11. The van der Waals surface area contributed by atoms with E-state index < -0.39 is 11.4 Å². The summed E-state index contributed by atoms with van der Waals surface area (Å²) < 4.78 is 5.29. The van der Waals surface area contributed by atoms with Crippen molar-refractivity contribution < 1.29 is 14.4 Å². The van der Waals surface area contributed by atoms with Gasteiger partial charge in [0.25, 0.3) is 0 Å². The number of aromatic nitrogens is 2. The van der Waals surface area contributed by atoms with Crippen LogP contribution in [0.3, 0.4) is 0 Å². The summed E-state index contributed by atoms with van der Waals surface area (Å²) >= 11 is 0.